The molecular weight excluding hydrogens is 344 g/mol. The van der Waals surface area contributed by atoms with Crippen LogP contribution in [0.1, 0.15) is 47.4 Å². The predicted octanol–water partition coefficient (Wildman–Crippen LogP) is 2.54. The number of carbonyl (C=O) groups is 1. The third kappa shape index (κ3) is 3.38. The van der Waals surface area contributed by atoms with Crippen molar-refractivity contribution in [2.45, 2.75) is 32.4 Å². The molecule has 3 heterocycles. The number of nitrogens with one attached hydrogen (secondary N) is 1. The van der Waals surface area contributed by atoms with Crippen molar-refractivity contribution in [3.63, 3.8) is 0 Å². The van der Waals surface area contributed by atoms with Crippen LogP contribution in [0.15, 0.2) is 47.4 Å². The first-order chi connectivity index (χ1) is 13.2. The number of nitrogens with zero attached hydrogens (tertiary/aromatic N) is 3. The molecule has 0 saturated carbocycles. The van der Waals surface area contributed by atoms with E-state index in [2.05, 4.69) is 27.1 Å². The molecule has 0 aliphatic carbocycles. The normalized spacial score (nSPS) is 17.4. The third-order valence-electron chi connectivity index (χ3n) is 4.96. The largest absolute Gasteiger partial charge is 0.462 e. The van der Waals surface area contributed by atoms with Crippen molar-refractivity contribution in [2.75, 3.05) is 13.2 Å². The van der Waals surface area contributed by atoms with Crippen LogP contribution < -0.4 is 5.56 Å². The van der Waals surface area contributed by atoms with E-state index >= 15 is 0 Å². The van der Waals surface area contributed by atoms with Crippen LogP contribution in [-0.4, -0.2) is 38.6 Å². The molecule has 0 radical (unpaired) electrons. The Morgan fingerprint density at radius 1 is 1.33 bits per heavy atom. The summed E-state index contributed by atoms with van der Waals surface area (Å²) in [7, 11) is 0. The highest BCUT2D eigenvalue weighted by molar-refractivity contribution is 5.95. The first-order valence-corrected chi connectivity index (χ1v) is 9.23. The molecule has 2 aromatic heterocycles. The number of likely N-dealkylation sites (tertiary alicyclic amines) is 1. The van der Waals surface area contributed by atoms with Gasteiger partial charge < -0.3 is 4.74 Å². The van der Waals surface area contributed by atoms with E-state index in [1.807, 2.05) is 18.2 Å². The summed E-state index contributed by atoms with van der Waals surface area (Å²) in [5, 5.41) is 2.78. The Morgan fingerprint density at radius 3 is 2.93 bits per heavy atom. The Balaban J connectivity index is 1.65. The van der Waals surface area contributed by atoms with Gasteiger partial charge in [-0.15, -0.1) is 0 Å². The van der Waals surface area contributed by atoms with Gasteiger partial charge in [-0.2, -0.15) is 0 Å². The van der Waals surface area contributed by atoms with Gasteiger partial charge in [0, 0.05) is 24.8 Å². The van der Waals surface area contributed by atoms with Gasteiger partial charge in [0.15, 0.2) is 5.65 Å². The number of carbonyl (C=O) groups excluding carboxylic acids is 1. The molecule has 3 aromatic rings. The average Bonchev–Trinajstić information content (AvgIpc) is 3.30. The summed E-state index contributed by atoms with van der Waals surface area (Å²) in [4.78, 5) is 31.5. The Kier molecular flexibility index (Phi) is 4.77. The highest BCUT2D eigenvalue weighted by atomic mass is 16.5. The van der Waals surface area contributed by atoms with Crippen molar-refractivity contribution in [3.05, 3.63) is 69.8 Å². The number of hydrogen-bond donors (Lipinski definition) is 1. The zero-order valence-corrected chi connectivity index (χ0v) is 15.2. The highest BCUT2D eigenvalue weighted by Gasteiger charge is 2.26. The Morgan fingerprint density at radius 2 is 2.15 bits per heavy atom. The molecule has 1 unspecified atom stereocenters. The fourth-order valence-corrected chi connectivity index (χ4v) is 3.75. The van der Waals surface area contributed by atoms with Crippen LogP contribution in [-0.2, 0) is 11.3 Å². The number of ether oxygens (including phenoxy) is 1. The first-order valence-electron chi connectivity index (χ1n) is 9.23. The second kappa shape index (κ2) is 7.36. The molecule has 1 saturated heterocycles. The lowest BCUT2D eigenvalue weighted by Gasteiger charge is -2.24. The van der Waals surface area contributed by atoms with E-state index in [0.717, 1.165) is 19.4 Å². The maximum absolute atomic E-state index is 12.4. The zero-order chi connectivity index (χ0) is 18.8. The molecule has 1 aliphatic rings. The summed E-state index contributed by atoms with van der Waals surface area (Å²) in [6, 6.07) is 12.2. The molecule has 7 nitrogen and oxygen atoms in total. The third-order valence-corrected chi connectivity index (χ3v) is 4.96. The molecule has 0 amide bonds. The molecule has 4 rings (SSSR count). The lowest BCUT2D eigenvalue weighted by Crippen LogP contribution is -2.25. The first kappa shape index (κ1) is 17.5. The fourth-order valence-electron chi connectivity index (χ4n) is 3.75. The van der Waals surface area contributed by atoms with Crippen LogP contribution in [0.3, 0.4) is 0 Å². The van der Waals surface area contributed by atoms with E-state index in [4.69, 9.17) is 4.74 Å². The van der Waals surface area contributed by atoms with Gasteiger partial charge in [0.25, 0.3) is 5.56 Å². The van der Waals surface area contributed by atoms with Crippen LogP contribution in [0.25, 0.3) is 5.65 Å². The van der Waals surface area contributed by atoms with Gasteiger partial charge in [-0.25, -0.2) is 14.3 Å². The van der Waals surface area contributed by atoms with Gasteiger partial charge in [-0.05, 0) is 31.9 Å². The monoisotopic (exact) mass is 366 g/mol. The summed E-state index contributed by atoms with van der Waals surface area (Å²) in [6.07, 6.45) is 3.66. The Hall–Kier alpha value is -2.93. The molecule has 1 fully saturated rings. The van der Waals surface area contributed by atoms with E-state index in [-0.39, 0.29) is 17.7 Å². The molecule has 0 bridgehead atoms. The highest BCUT2D eigenvalue weighted by Crippen LogP contribution is 2.32. The summed E-state index contributed by atoms with van der Waals surface area (Å²) >= 11 is 0. The lowest BCUT2D eigenvalue weighted by molar-refractivity contribution is 0.0528. The van der Waals surface area contributed by atoms with Gasteiger partial charge >= 0.3 is 5.97 Å². The van der Waals surface area contributed by atoms with E-state index in [9.17, 15) is 9.59 Å². The van der Waals surface area contributed by atoms with E-state index in [1.165, 1.54) is 22.3 Å². The summed E-state index contributed by atoms with van der Waals surface area (Å²) in [6.45, 7) is 3.54. The standard InChI is InChI=1S/C20H22N4O3/c1-2-27-20(26)16-12-21-24-18(25)11-15(22-19(16)24)13-23-10-6-9-17(23)14-7-4-3-5-8-14/h3-5,7-8,11-12,17,21H,2,6,9-10,13H2,1H3. The SMILES string of the molecule is CCOC(=O)c1c[nH]n2c(=O)cc(CN3CCCC3c3ccccc3)nc12. The van der Waals surface area contributed by atoms with Gasteiger partial charge in [0.1, 0.15) is 5.56 Å². The van der Waals surface area contributed by atoms with Crippen LogP contribution in [0, 0.1) is 0 Å². The van der Waals surface area contributed by atoms with Crippen molar-refractivity contribution < 1.29 is 9.53 Å². The molecule has 0 spiro atoms. The number of aromatic amines is 1. The number of rotatable bonds is 5. The zero-order valence-electron chi connectivity index (χ0n) is 15.2. The molecule has 7 heteroatoms. The lowest BCUT2D eigenvalue weighted by atomic mass is 10.0. The summed E-state index contributed by atoms with van der Waals surface area (Å²) in [5.74, 6) is -0.483. The van der Waals surface area contributed by atoms with Crippen molar-refractivity contribution in [3.8, 4) is 0 Å². The van der Waals surface area contributed by atoms with Crippen LogP contribution >= 0.6 is 0 Å². The average molecular weight is 366 g/mol. The quantitative estimate of drug-likeness (QED) is 0.702. The van der Waals surface area contributed by atoms with Crippen LogP contribution in [0.2, 0.25) is 0 Å². The maximum atomic E-state index is 12.4. The number of benzene rings is 1. The van der Waals surface area contributed by atoms with Gasteiger partial charge in [0.2, 0.25) is 0 Å². The molecule has 1 N–H and O–H groups in total. The smallest absolute Gasteiger partial charge is 0.343 e. The van der Waals surface area contributed by atoms with E-state index in [0.29, 0.717) is 23.9 Å². The minimum atomic E-state index is -0.483. The summed E-state index contributed by atoms with van der Waals surface area (Å²) in [5.41, 5.74) is 2.29. The number of fused-ring (bicyclic) bond motifs is 1. The van der Waals surface area contributed by atoms with Gasteiger partial charge in [-0.1, -0.05) is 30.3 Å². The second-order valence-corrected chi connectivity index (χ2v) is 6.69. The Labute approximate surface area is 156 Å². The topological polar surface area (TPSA) is 79.7 Å². The molecule has 1 atom stereocenters. The Bertz CT molecular complexity index is 1010. The van der Waals surface area contributed by atoms with Gasteiger partial charge in [0.05, 0.1) is 12.3 Å². The van der Waals surface area contributed by atoms with Gasteiger partial charge in [-0.3, -0.25) is 14.8 Å². The van der Waals surface area contributed by atoms with Crippen molar-refractivity contribution in [2.24, 2.45) is 0 Å². The summed E-state index contributed by atoms with van der Waals surface area (Å²) < 4.78 is 6.33. The maximum Gasteiger partial charge on any atom is 0.343 e. The minimum absolute atomic E-state index is 0.235. The fraction of sp³-hybridized carbons (Fsp3) is 0.350. The van der Waals surface area contributed by atoms with E-state index in [1.54, 1.807) is 6.92 Å². The number of esters is 1. The molecule has 140 valence electrons. The predicted molar refractivity (Wildman–Crippen MR) is 101 cm³/mol. The van der Waals surface area contributed by atoms with Crippen molar-refractivity contribution >= 4 is 11.6 Å². The molecule has 1 aliphatic heterocycles. The van der Waals surface area contributed by atoms with Crippen molar-refractivity contribution in [1.29, 1.82) is 0 Å². The number of aromatic nitrogens is 3. The van der Waals surface area contributed by atoms with Crippen LogP contribution in [0.5, 0.6) is 0 Å². The second-order valence-electron chi connectivity index (χ2n) is 6.69. The number of H-pyrrole nitrogens is 1. The molecular formula is C20H22N4O3. The van der Waals surface area contributed by atoms with Crippen LogP contribution in [0.4, 0.5) is 0 Å². The minimum Gasteiger partial charge on any atom is -0.462 e. The van der Waals surface area contributed by atoms with E-state index < -0.39 is 5.97 Å². The molecule has 1 aromatic carbocycles. The van der Waals surface area contributed by atoms with Crippen molar-refractivity contribution in [1.82, 2.24) is 19.5 Å². The number of hydrogen-bond acceptors (Lipinski definition) is 5. The molecule has 27 heavy (non-hydrogen) atoms.